The van der Waals surface area contributed by atoms with E-state index in [0.717, 1.165) is 13.0 Å². The first-order valence-corrected chi connectivity index (χ1v) is 8.48. The highest BCUT2D eigenvalue weighted by Crippen LogP contribution is 2.57. The van der Waals surface area contributed by atoms with Gasteiger partial charge in [-0.25, -0.2) is 0 Å². The molecule has 106 valence electrons. The lowest BCUT2D eigenvalue weighted by molar-refractivity contribution is -0.174. The van der Waals surface area contributed by atoms with Crippen LogP contribution in [0.3, 0.4) is 0 Å². The van der Waals surface area contributed by atoms with Crippen LogP contribution in [0.25, 0.3) is 0 Å². The Bertz CT molecular complexity index is 267. The summed E-state index contributed by atoms with van der Waals surface area (Å²) < 4.78 is 5.87. The summed E-state index contributed by atoms with van der Waals surface area (Å²) in [5.74, 6) is 0. The van der Waals surface area contributed by atoms with Crippen molar-refractivity contribution in [3.8, 4) is 0 Å². The maximum absolute atomic E-state index is 9.35. The summed E-state index contributed by atoms with van der Waals surface area (Å²) in [6, 6.07) is 0.967. The molecule has 1 spiro atoms. The average Bonchev–Trinajstić information content (AvgIpc) is 2.27. The fourth-order valence-electron chi connectivity index (χ4n) is 3.53. The summed E-state index contributed by atoms with van der Waals surface area (Å²) in [4.78, 5) is 0. The van der Waals surface area contributed by atoms with E-state index in [-0.39, 0.29) is 6.61 Å². The molecular formula is C14H27NO2S. The Morgan fingerprint density at radius 1 is 1.50 bits per heavy atom. The Morgan fingerprint density at radius 2 is 2.22 bits per heavy atom. The van der Waals surface area contributed by atoms with E-state index in [2.05, 4.69) is 25.4 Å². The molecule has 4 heteroatoms. The van der Waals surface area contributed by atoms with Crippen molar-refractivity contribution in [2.24, 2.45) is 5.41 Å². The van der Waals surface area contributed by atoms with E-state index in [0.29, 0.717) is 28.9 Å². The molecule has 4 unspecified atom stereocenters. The van der Waals surface area contributed by atoms with Crippen LogP contribution in [0.1, 0.15) is 39.5 Å². The van der Waals surface area contributed by atoms with Gasteiger partial charge in [0.05, 0.1) is 12.7 Å². The molecule has 2 aliphatic rings. The van der Waals surface area contributed by atoms with Gasteiger partial charge in [-0.3, -0.25) is 0 Å². The molecule has 0 aromatic carbocycles. The van der Waals surface area contributed by atoms with Crippen molar-refractivity contribution < 1.29 is 9.84 Å². The molecule has 4 atom stereocenters. The van der Waals surface area contributed by atoms with Gasteiger partial charge in [0.1, 0.15) is 0 Å². The number of aliphatic hydroxyl groups is 1. The summed E-state index contributed by atoms with van der Waals surface area (Å²) in [7, 11) is 0. The minimum absolute atomic E-state index is 0.254. The van der Waals surface area contributed by atoms with E-state index in [4.69, 9.17) is 4.74 Å². The number of rotatable bonds is 7. The second kappa shape index (κ2) is 6.12. The molecule has 2 rings (SSSR count). The number of nitrogens with one attached hydrogen (secondary N) is 1. The lowest BCUT2D eigenvalue weighted by Crippen LogP contribution is -2.68. The van der Waals surface area contributed by atoms with E-state index in [1.165, 1.54) is 19.3 Å². The van der Waals surface area contributed by atoms with Crippen LogP contribution in [0, 0.1) is 5.41 Å². The van der Waals surface area contributed by atoms with Gasteiger partial charge in [0.25, 0.3) is 0 Å². The van der Waals surface area contributed by atoms with Gasteiger partial charge in [-0.2, -0.15) is 11.8 Å². The maximum Gasteiger partial charge on any atom is 0.0661 e. The van der Waals surface area contributed by atoms with Crippen molar-refractivity contribution in [3.63, 3.8) is 0 Å². The fraction of sp³-hybridized carbons (Fsp3) is 1.00. The van der Waals surface area contributed by atoms with Crippen LogP contribution in [0.15, 0.2) is 0 Å². The normalized spacial score (nSPS) is 32.7. The third-order valence-electron chi connectivity index (χ3n) is 4.94. The van der Waals surface area contributed by atoms with Gasteiger partial charge in [-0.05, 0) is 39.4 Å². The number of thioether (sulfide) groups is 1. The summed E-state index contributed by atoms with van der Waals surface area (Å²) >= 11 is 1.75. The predicted octanol–water partition coefficient (Wildman–Crippen LogP) is 2.04. The lowest BCUT2D eigenvalue weighted by Gasteiger charge is -2.62. The Labute approximate surface area is 115 Å². The Kier molecular flexibility index (Phi) is 4.98. The smallest absolute Gasteiger partial charge is 0.0661 e. The molecule has 0 amide bonds. The number of hydrogen-bond acceptors (Lipinski definition) is 4. The Balaban J connectivity index is 1.87. The summed E-state index contributed by atoms with van der Waals surface area (Å²) in [5, 5.41) is 13.4. The van der Waals surface area contributed by atoms with E-state index in [1.54, 1.807) is 11.8 Å². The quantitative estimate of drug-likeness (QED) is 0.745. The number of ether oxygens (including phenoxy) is 1. The zero-order valence-corrected chi connectivity index (χ0v) is 12.6. The van der Waals surface area contributed by atoms with E-state index in [1.807, 2.05) is 0 Å². The molecule has 0 saturated heterocycles. The van der Waals surface area contributed by atoms with Crippen molar-refractivity contribution in [1.29, 1.82) is 0 Å². The molecule has 0 aliphatic heterocycles. The van der Waals surface area contributed by atoms with Crippen molar-refractivity contribution in [2.75, 3.05) is 19.5 Å². The molecule has 2 fully saturated rings. The molecule has 0 bridgehead atoms. The monoisotopic (exact) mass is 273 g/mol. The van der Waals surface area contributed by atoms with E-state index >= 15 is 0 Å². The molecule has 0 heterocycles. The third kappa shape index (κ3) is 2.45. The largest absolute Gasteiger partial charge is 0.395 e. The van der Waals surface area contributed by atoms with Gasteiger partial charge in [0, 0.05) is 29.4 Å². The number of hydrogen-bond donors (Lipinski definition) is 2. The fourth-order valence-corrected chi connectivity index (χ4v) is 4.17. The van der Waals surface area contributed by atoms with Crippen molar-refractivity contribution in [3.05, 3.63) is 0 Å². The van der Waals surface area contributed by atoms with Crippen LogP contribution in [0.4, 0.5) is 0 Å². The molecule has 3 nitrogen and oxygen atoms in total. The standard InChI is InChI=1S/C14H27NO2S/c1-4-17-13-8-12(14(13)6-5-7-14)15-10(2)11(9-16)18-3/h10-13,15-16H,4-9H2,1-3H3. The lowest BCUT2D eigenvalue weighted by atomic mass is 9.51. The van der Waals surface area contributed by atoms with Crippen LogP contribution in [0.5, 0.6) is 0 Å². The van der Waals surface area contributed by atoms with Crippen LogP contribution < -0.4 is 5.32 Å². The van der Waals surface area contributed by atoms with E-state index in [9.17, 15) is 5.11 Å². The van der Waals surface area contributed by atoms with Crippen LogP contribution in [-0.2, 0) is 4.74 Å². The van der Waals surface area contributed by atoms with Crippen molar-refractivity contribution in [2.45, 2.75) is 63.0 Å². The van der Waals surface area contributed by atoms with Gasteiger partial charge in [-0.15, -0.1) is 0 Å². The molecule has 0 radical (unpaired) electrons. The highest BCUT2D eigenvalue weighted by atomic mass is 32.2. The zero-order valence-electron chi connectivity index (χ0n) is 11.8. The molecule has 0 aromatic heterocycles. The molecule has 2 aliphatic carbocycles. The highest BCUT2D eigenvalue weighted by Gasteiger charge is 2.58. The van der Waals surface area contributed by atoms with Gasteiger partial charge in [0.2, 0.25) is 0 Å². The first kappa shape index (κ1) is 14.6. The average molecular weight is 273 g/mol. The molecule has 2 N–H and O–H groups in total. The maximum atomic E-state index is 9.35. The van der Waals surface area contributed by atoms with Gasteiger partial charge >= 0.3 is 0 Å². The van der Waals surface area contributed by atoms with Gasteiger partial charge in [-0.1, -0.05) is 6.42 Å². The zero-order chi connectivity index (χ0) is 13.2. The minimum atomic E-state index is 0.254. The number of aliphatic hydroxyl groups excluding tert-OH is 1. The van der Waals surface area contributed by atoms with Crippen LogP contribution in [0.2, 0.25) is 0 Å². The van der Waals surface area contributed by atoms with Crippen molar-refractivity contribution in [1.82, 2.24) is 5.32 Å². The molecule has 2 saturated carbocycles. The van der Waals surface area contributed by atoms with Crippen LogP contribution in [-0.4, -0.2) is 48.0 Å². The molecular weight excluding hydrogens is 246 g/mol. The molecule has 0 aromatic rings. The van der Waals surface area contributed by atoms with E-state index < -0.39 is 0 Å². The Hall–Kier alpha value is 0.230. The second-order valence-corrected chi connectivity index (χ2v) is 6.81. The Morgan fingerprint density at radius 3 is 2.67 bits per heavy atom. The summed E-state index contributed by atoms with van der Waals surface area (Å²) in [5.41, 5.74) is 0.419. The van der Waals surface area contributed by atoms with Gasteiger partial charge in [0.15, 0.2) is 0 Å². The minimum Gasteiger partial charge on any atom is -0.395 e. The second-order valence-electron chi connectivity index (χ2n) is 5.73. The summed E-state index contributed by atoms with van der Waals surface area (Å²) in [6.07, 6.45) is 7.66. The summed E-state index contributed by atoms with van der Waals surface area (Å²) in [6.45, 7) is 5.37. The van der Waals surface area contributed by atoms with Crippen LogP contribution >= 0.6 is 11.8 Å². The predicted molar refractivity (Wildman–Crippen MR) is 77.1 cm³/mol. The highest BCUT2D eigenvalue weighted by molar-refractivity contribution is 7.99. The topological polar surface area (TPSA) is 41.5 Å². The van der Waals surface area contributed by atoms with Crippen molar-refractivity contribution >= 4 is 11.8 Å². The first-order chi connectivity index (χ1) is 8.67. The SMILES string of the molecule is CCOC1CC(NC(C)C(CO)SC)C12CCC2. The molecule has 18 heavy (non-hydrogen) atoms. The van der Waals surface area contributed by atoms with Gasteiger partial charge < -0.3 is 15.2 Å². The first-order valence-electron chi connectivity index (χ1n) is 7.19. The third-order valence-corrected chi connectivity index (χ3v) is 6.10.